The van der Waals surface area contributed by atoms with Crippen molar-refractivity contribution in [3.05, 3.63) is 60.4 Å². The van der Waals surface area contributed by atoms with Crippen molar-refractivity contribution in [2.24, 2.45) is 0 Å². The van der Waals surface area contributed by atoms with Gasteiger partial charge < -0.3 is 19.5 Å². The molecule has 0 aliphatic carbocycles. The van der Waals surface area contributed by atoms with Crippen LogP contribution in [0.3, 0.4) is 0 Å². The Kier molecular flexibility index (Phi) is 6.97. The van der Waals surface area contributed by atoms with Gasteiger partial charge in [0.25, 0.3) is 5.91 Å². The van der Waals surface area contributed by atoms with E-state index in [1.54, 1.807) is 22.8 Å². The summed E-state index contributed by atoms with van der Waals surface area (Å²) in [5, 5.41) is 3.30. The third kappa shape index (κ3) is 4.74. The molecule has 1 heterocycles. The van der Waals surface area contributed by atoms with Crippen molar-refractivity contribution in [3.8, 4) is 17.2 Å². The van der Waals surface area contributed by atoms with E-state index in [0.29, 0.717) is 22.3 Å². The number of nitrogens with one attached hydrogen (secondary N) is 1. The van der Waals surface area contributed by atoms with Crippen LogP contribution in [0.25, 0.3) is 5.69 Å². The molecule has 8 nitrogen and oxygen atoms in total. The molecule has 0 aliphatic rings. The summed E-state index contributed by atoms with van der Waals surface area (Å²) in [6.07, 6.45) is 3.30. The van der Waals surface area contributed by atoms with Crippen LogP contribution in [-0.2, 0) is 9.53 Å². The minimum absolute atomic E-state index is 0.234. The number of imidazole rings is 1. The molecule has 2 aromatic carbocycles. The van der Waals surface area contributed by atoms with E-state index in [-0.39, 0.29) is 5.69 Å². The normalized spacial score (nSPS) is 10.4. The van der Waals surface area contributed by atoms with Gasteiger partial charge in [0.1, 0.15) is 11.5 Å². The molecule has 30 heavy (non-hydrogen) atoms. The standard InChI is InChI=1S/C21H21N3O5S/c1-27-15-9-10-18(28-2)16(11-15)23-19(25)13-29-20(26)17-12-22-21(30-3)24(17)14-7-5-4-6-8-14/h4-12H,13H2,1-3H3,(H,23,25). The molecule has 0 bridgehead atoms. The molecule has 1 N–H and O–H groups in total. The molecule has 0 fully saturated rings. The molecule has 0 unspecified atom stereocenters. The molecular weight excluding hydrogens is 406 g/mol. The van der Waals surface area contributed by atoms with Crippen LogP contribution >= 0.6 is 11.8 Å². The van der Waals surface area contributed by atoms with E-state index in [9.17, 15) is 9.59 Å². The average molecular weight is 427 g/mol. The first-order chi connectivity index (χ1) is 14.6. The number of rotatable bonds is 8. The number of aromatic nitrogens is 2. The first-order valence-electron chi connectivity index (χ1n) is 8.93. The van der Waals surface area contributed by atoms with E-state index in [4.69, 9.17) is 14.2 Å². The smallest absolute Gasteiger partial charge is 0.357 e. The summed E-state index contributed by atoms with van der Waals surface area (Å²) in [6.45, 7) is -0.465. The maximum absolute atomic E-state index is 12.6. The number of thioether (sulfide) groups is 1. The van der Waals surface area contributed by atoms with Crippen LogP contribution in [0.4, 0.5) is 5.69 Å². The van der Waals surface area contributed by atoms with Crippen molar-refractivity contribution >= 4 is 29.3 Å². The van der Waals surface area contributed by atoms with Gasteiger partial charge in [-0.2, -0.15) is 0 Å². The second kappa shape index (κ2) is 9.84. The van der Waals surface area contributed by atoms with Crippen LogP contribution in [0.2, 0.25) is 0 Å². The fraction of sp³-hybridized carbons (Fsp3) is 0.190. The lowest BCUT2D eigenvalue weighted by atomic mass is 10.2. The minimum atomic E-state index is -0.653. The molecule has 0 aliphatic heterocycles. The quantitative estimate of drug-likeness (QED) is 0.435. The Morgan fingerprint density at radius 2 is 1.87 bits per heavy atom. The number of carbonyl (C=O) groups is 2. The third-order valence-electron chi connectivity index (χ3n) is 4.15. The summed E-state index contributed by atoms with van der Waals surface area (Å²) in [6, 6.07) is 14.3. The maximum atomic E-state index is 12.6. The Morgan fingerprint density at radius 3 is 2.53 bits per heavy atom. The number of ether oxygens (including phenoxy) is 3. The Labute approximate surface area is 178 Å². The number of anilines is 1. The predicted molar refractivity (Wildman–Crippen MR) is 114 cm³/mol. The van der Waals surface area contributed by atoms with Gasteiger partial charge >= 0.3 is 5.97 Å². The van der Waals surface area contributed by atoms with Gasteiger partial charge in [-0.1, -0.05) is 30.0 Å². The van der Waals surface area contributed by atoms with Crippen LogP contribution < -0.4 is 14.8 Å². The highest BCUT2D eigenvalue weighted by Crippen LogP contribution is 2.29. The predicted octanol–water partition coefficient (Wildman–Crippen LogP) is 3.41. The molecule has 0 saturated carbocycles. The van der Waals surface area contributed by atoms with Gasteiger partial charge in [0.2, 0.25) is 0 Å². The summed E-state index contributed by atoms with van der Waals surface area (Å²) < 4.78 is 17.3. The second-order valence-electron chi connectivity index (χ2n) is 5.99. The molecule has 156 valence electrons. The average Bonchev–Trinajstić information content (AvgIpc) is 3.22. The van der Waals surface area contributed by atoms with Crippen molar-refractivity contribution in [1.82, 2.24) is 9.55 Å². The van der Waals surface area contributed by atoms with Gasteiger partial charge in [0.05, 0.1) is 26.1 Å². The van der Waals surface area contributed by atoms with Crippen molar-refractivity contribution < 1.29 is 23.8 Å². The Bertz CT molecular complexity index is 1040. The molecule has 1 aromatic heterocycles. The largest absolute Gasteiger partial charge is 0.497 e. The number of para-hydroxylation sites is 1. The number of hydrogen-bond acceptors (Lipinski definition) is 7. The van der Waals surface area contributed by atoms with Gasteiger partial charge in [-0.3, -0.25) is 9.36 Å². The lowest BCUT2D eigenvalue weighted by Gasteiger charge is -2.13. The van der Waals surface area contributed by atoms with E-state index >= 15 is 0 Å². The number of hydrogen-bond donors (Lipinski definition) is 1. The molecule has 0 saturated heterocycles. The monoisotopic (exact) mass is 427 g/mol. The molecular formula is C21H21N3O5S. The molecule has 1 amide bonds. The van der Waals surface area contributed by atoms with Crippen LogP contribution in [0.5, 0.6) is 11.5 Å². The van der Waals surface area contributed by atoms with Crippen LogP contribution in [0, 0.1) is 0 Å². The highest BCUT2D eigenvalue weighted by Gasteiger charge is 2.20. The van der Waals surface area contributed by atoms with E-state index in [0.717, 1.165) is 5.69 Å². The fourth-order valence-corrected chi connectivity index (χ4v) is 3.30. The first kappa shape index (κ1) is 21.3. The molecule has 0 radical (unpaired) electrons. The zero-order valence-corrected chi connectivity index (χ0v) is 17.6. The van der Waals surface area contributed by atoms with Crippen LogP contribution in [0.15, 0.2) is 59.9 Å². The number of nitrogens with zero attached hydrogens (tertiary/aromatic N) is 2. The molecule has 0 atom stereocenters. The molecule has 0 spiro atoms. The molecule has 3 rings (SSSR count). The minimum Gasteiger partial charge on any atom is -0.497 e. The van der Waals surface area contributed by atoms with E-state index < -0.39 is 18.5 Å². The SMILES string of the molecule is COc1ccc(OC)c(NC(=O)COC(=O)c2cnc(SC)n2-c2ccccc2)c1. The summed E-state index contributed by atoms with van der Waals surface area (Å²) in [5.74, 6) is -0.146. The highest BCUT2D eigenvalue weighted by molar-refractivity contribution is 7.98. The van der Waals surface area contributed by atoms with Crippen molar-refractivity contribution in [3.63, 3.8) is 0 Å². The summed E-state index contributed by atoms with van der Waals surface area (Å²) in [7, 11) is 3.01. The molecule has 3 aromatic rings. The van der Waals surface area contributed by atoms with Crippen molar-refractivity contribution in [2.45, 2.75) is 5.16 Å². The zero-order valence-electron chi connectivity index (χ0n) is 16.7. The number of carbonyl (C=O) groups excluding carboxylic acids is 2. The van der Waals surface area contributed by atoms with Gasteiger partial charge in [0, 0.05) is 11.8 Å². The Balaban J connectivity index is 1.71. The number of amides is 1. The van der Waals surface area contributed by atoms with Gasteiger partial charge in [-0.25, -0.2) is 9.78 Å². The van der Waals surface area contributed by atoms with Crippen molar-refractivity contribution in [1.29, 1.82) is 0 Å². The number of methoxy groups -OCH3 is 2. The Hall–Kier alpha value is -3.46. The maximum Gasteiger partial charge on any atom is 0.357 e. The first-order valence-corrected chi connectivity index (χ1v) is 10.2. The lowest BCUT2D eigenvalue weighted by molar-refractivity contribution is -0.119. The lowest BCUT2D eigenvalue weighted by Crippen LogP contribution is -2.22. The van der Waals surface area contributed by atoms with Crippen LogP contribution in [0.1, 0.15) is 10.5 Å². The summed E-state index contributed by atoms with van der Waals surface area (Å²) >= 11 is 1.40. The van der Waals surface area contributed by atoms with Crippen molar-refractivity contribution in [2.75, 3.05) is 32.4 Å². The molecule has 9 heteroatoms. The zero-order chi connectivity index (χ0) is 21.5. The van der Waals surface area contributed by atoms with E-state index in [1.165, 1.54) is 32.2 Å². The van der Waals surface area contributed by atoms with Crippen LogP contribution in [-0.4, -0.2) is 48.5 Å². The Morgan fingerprint density at radius 1 is 1.10 bits per heavy atom. The topological polar surface area (TPSA) is 91.7 Å². The van der Waals surface area contributed by atoms with E-state index in [1.807, 2.05) is 36.6 Å². The second-order valence-corrected chi connectivity index (χ2v) is 6.77. The number of benzene rings is 2. The number of esters is 1. The third-order valence-corrected chi connectivity index (χ3v) is 4.80. The van der Waals surface area contributed by atoms with Gasteiger partial charge in [-0.05, 0) is 30.5 Å². The van der Waals surface area contributed by atoms with E-state index in [2.05, 4.69) is 10.3 Å². The van der Waals surface area contributed by atoms with Gasteiger partial charge in [0.15, 0.2) is 17.5 Å². The summed E-state index contributed by atoms with van der Waals surface area (Å²) in [5.41, 5.74) is 1.42. The summed E-state index contributed by atoms with van der Waals surface area (Å²) in [4.78, 5) is 29.2. The van der Waals surface area contributed by atoms with Gasteiger partial charge in [-0.15, -0.1) is 0 Å². The fourth-order valence-electron chi connectivity index (χ4n) is 2.75. The highest BCUT2D eigenvalue weighted by atomic mass is 32.2.